The maximum Gasteiger partial charge on any atom is 0.237 e. The molecular weight excluding hydrogens is 421 g/mol. The molecule has 3 N–H and O–H groups in total. The molecule has 2 aliphatic rings. The summed E-state index contributed by atoms with van der Waals surface area (Å²) in [7, 11) is -2.72. The van der Waals surface area contributed by atoms with E-state index >= 15 is 0 Å². The fourth-order valence-electron chi connectivity index (χ4n) is 4.33. The normalized spacial score (nSPS) is 23.2. The van der Waals surface area contributed by atoms with Crippen molar-refractivity contribution in [3.63, 3.8) is 0 Å². The molecule has 7 nitrogen and oxygen atoms in total. The zero-order valence-corrected chi connectivity index (χ0v) is 18.0. The van der Waals surface area contributed by atoms with Gasteiger partial charge in [-0.2, -0.15) is 0 Å². The van der Waals surface area contributed by atoms with Crippen LogP contribution in [0, 0.1) is 11.7 Å². The van der Waals surface area contributed by atoms with Crippen molar-refractivity contribution >= 4 is 15.7 Å². The number of hydrogen-bond donors (Lipinski definition) is 3. The van der Waals surface area contributed by atoms with Gasteiger partial charge in [-0.1, -0.05) is 18.2 Å². The third-order valence-corrected chi connectivity index (χ3v) is 7.80. The van der Waals surface area contributed by atoms with Crippen LogP contribution >= 0.6 is 0 Å². The maximum absolute atomic E-state index is 13.9. The first-order valence-corrected chi connectivity index (χ1v) is 11.8. The highest BCUT2D eigenvalue weighted by Gasteiger charge is 2.38. The first-order chi connectivity index (χ1) is 14.9. The SMILES string of the molecule is COc1c(F)cccc1S(=O)(=O)c1ccc(CNC(=O)C2CC3CNCCC3N2)cc1. The van der Waals surface area contributed by atoms with Crippen LogP contribution in [0.5, 0.6) is 5.75 Å². The quantitative estimate of drug-likeness (QED) is 0.623. The van der Waals surface area contributed by atoms with Crippen molar-refractivity contribution in [1.82, 2.24) is 16.0 Å². The van der Waals surface area contributed by atoms with E-state index < -0.39 is 15.7 Å². The summed E-state index contributed by atoms with van der Waals surface area (Å²) in [5.74, 6) is -0.609. The molecule has 2 fully saturated rings. The van der Waals surface area contributed by atoms with Crippen molar-refractivity contribution in [2.24, 2.45) is 5.92 Å². The fraction of sp³-hybridized carbons (Fsp3) is 0.409. The monoisotopic (exact) mass is 447 g/mol. The molecule has 31 heavy (non-hydrogen) atoms. The molecule has 1 amide bonds. The van der Waals surface area contributed by atoms with Crippen molar-refractivity contribution in [3.8, 4) is 5.75 Å². The predicted octanol–water partition coefficient (Wildman–Crippen LogP) is 1.62. The third kappa shape index (κ3) is 4.44. The van der Waals surface area contributed by atoms with Crippen LogP contribution in [-0.2, 0) is 21.2 Å². The lowest BCUT2D eigenvalue weighted by Crippen LogP contribution is -2.45. The van der Waals surface area contributed by atoms with Gasteiger partial charge in [0.2, 0.25) is 15.7 Å². The zero-order valence-electron chi connectivity index (χ0n) is 17.2. The lowest BCUT2D eigenvalue weighted by Gasteiger charge is -2.25. The van der Waals surface area contributed by atoms with E-state index in [4.69, 9.17) is 4.74 Å². The molecule has 0 spiro atoms. The molecule has 0 aliphatic carbocycles. The summed E-state index contributed by atoms with van der Waals surface area (Å²) in [5.41, 5.74) is 0.774. The van der Waals surface area contributed by atoms with E-state index in [-0.39, 0.29) is 27.5 Å². The first kappa shape index (κ1) is 21.7. The first-order valence-electron chi connectivity index (χ1n) is 10.3. The fourth-order valence-corrected chi connectivity index (χ4v) is 5.76. The van der Waals surface area contributed by atoms with Gasteiger partial charge in [0.05, 0.1) is 18.0 Å². The van der Waals surface area contributed by atoms with Crippen LogP contribution in [0.15, 0.2) is 52.3 Å². The minimum Gasteiger partial charge on any atom is -0.492 e. The van der Waals surface area contributed by atoms with E-state index in [9.17, 15) is 17.6 Å². The molecule has 166 valence electrons. The third-order valence-electron chi connectivity index (χ3n) is 6.00. The van der Waals surface area contributed by atoms with Gasteiger partial charge >= 0.3 is 0 Å². The van der Waals surface area contributed by atoms with Crippen LogP contribution in [-0.4, -0.2) is 46.6 Å². The second-order valence-electron chi connectivity index (χ2n) is 7.95. The summed E-state index contributed by atoms with van der Waals surface area (Å²) in [6.07, 6.45) is 1.84. The Balaban J connectivity index is 1.40. The minimum absolute atomic E-state index is 0.0283. The number of sulfone groups is 1. The average molecular weight is 448 g/mol. The van der Waals surface area contributed by atoms with Gasteiger partial charge in [-0.05, 0) is 61.7 Å². The van der Waals surface area contributed by atoms with Gasteiger partial charge in [0.1, 0.15) is 4.90 Å². The van der Waals surface area contributed by atoms with E-state index in [1.807, 2.05) is 0 Å². The molecule has 3 atom stereocenters. The van der Waals surface area contributed by atoms with Crippen LogP contribution < -0.4 is 20.7 Å². The Bertz CT molecular complexity index is 1040. The molecule has 9 heteroatoms. The number of para-hydroxylation sites is 1. The van der Waals surface area contributed by atoms with Gasteiger partial charge in [-0.3, -0.25) is 4.79 Å². The van der Waals surface area contributed by atoms with Crippen molar-refractivity contribution in [3.05, 3.63) is 53.8 Å². The molecule has 0 aromatic heterocycles. The largest absolute Gasteiger partial charge is 0.492 e. The van der Waals surface area contributed by atoms with Crippen LogP contribution in [0.25, 0.3) is 0 Å². The van der Waals surface area contributed by atoms with Crippen LogP contribution in [0.1, 0.15) is 18.4 Å². The number of rotatable bonds is 6. The lowest BCUT2D eigenvalue weighted by molar-refractivity contribution is -0.123. The summed E-state index contributed by atoms with van der Waals surface area (Å²) >= 11 is 0. The van der Waals surface area contributed by atoms with Crippen LogP contribution in [0.4, 0.5) is 4.39 Å². The van der Waals surface area contributed by atoms with Gasteiger partial charge in [0.15, 0.2) is 11.6 Å². The lowest BCUT2D eigenvalue weighted by atomic mass is 9.94. The Kier molecular flexibility index (Phi) is 6.27. The highest BCUT2D eigenvalue weighted by atomic mass is 32.2. The van der Waals surface area contributed by atoms with E-state index in [1.165, 1.54) is 31.4 Å². The smallest absolute Gasteiger partial charge is 0.237 e. The van der Waals surface area contributed by atoms with E-state index in [0.29, 0.717) is 18.5 Å². The number of nitrogens with one attached hydrogen (secondary N) is 3. The molecule has 0 saturated carbocycles. The Morgan fingerprint density at radius 3 is 2.71 bits per heavy atom. The van der Waals surface area contributed by atoms with Crippen LogP contribution in [0.2, 0.25) is 0 Å². The molecule has 4 rings (SSSR count). The molecule has 3 unspecified atom stereocenters. The van der Waals surface area contributed by atoms with Gasteiger partial charge in [0.25, 0.3) is 0 Å². The van der Waals surface area contributed by atoms with E-state index in [1.54, 1.807) is 12.1 Å². The number of ether oxygens (including phenoxy) is 1. The molecule has 0 radical (unpaired) electrons. The van der Waals surface area contributed by atoms with Crippen LogP contribution in [0.3, 0.4) is 0 Å². The molecular formula is C22H26FN3O4S. The maximum atomic E-state index is 13.9. The highest BCUT2D eigenvalue weighted by Crippen LogP contribution is 2.31. The molecule has 2 aliphatic heterocycles. The molecule has 2 saturated heterocycles. The van der Waals surface area contributed by atoms with Gasteiger partial charge in [-0.25, -0.2) is 12.8 Å². The number of hydrogen-bond acceptors (Lipinski definition) is 6. The Labute approximate surface area is 181 Å². The number of methoxy groups -OCH3 is 1. The summed E-state index contributed by atoms with van der Waals surface area (Å²) in [6.45, 7) is 2.21. The van der Waals surface area contributed by atoms with E-state index in [0.717, 1.165) is 37.6 Å². The molecule has 2 aromatic carbocycles. The number of carbonyl (C=O) groups excluding carboxylic acids is 1. The summed E-state index contributed by atoms with van der Waals surface area (Å²) < 4.78 is 44.7. The summed E-state index contributed by atoms with van der Waals surface area (Å²) in [5, 5.41) is 9.71. The standard InChI is InChI=1S/C22H26FN3O4S/c1-30-21-17(23)3-2-4-20(21)31(28,29)16-7-5-14(6-8-16)12-25-22(27)19-11-15-13-24-10-9-18(15)26-19/h2-8,15,18-19,24,26H,9-13H2,1H3,(H,25,27). The predicted molar refractivity (Wildman–Crippen MR) is 113 cm³/mol. The average Bonchev–Trinajstić information content (AvgIpc) is 3.22. The topological polar surface area (TPSA) is 96.5 Å². The minimum atomic E-state index is -3.95. The van der Waals surface area contributed by atoms with Gasteiger partial charge in [0, 0.05) is 12.6 Å². The Morgan fingerprint density at radius 1 is 1.23 bits per heavy atom. The van der Waals surface area contributed by atoms with Crippen molar-refractivity contribution in [2.45, 2.75) is 41.3 Å². The van der Waals surface area contributed by atoms with Crippen molar-refractivity contribution in [1.29, 1.82) is 0 Å². The number of piperidine rings is 1. The molecule has 2 heterocycles. The Morgan fingerprint density at radius 2 is 2.00 bits per heavy atom. The summed E-state index contributed by atoms with van der Waals surface area (Å²) in [4.78, 5) is 12.3. The molecule has 0 bridgehead atoms. The number of amides is 1. The second kappa shape index (κ2) is 8.94. The second-order valence-corrected chi connectivity index (χ2v) is 9.87. The number of benzene rings is 2. The highest BCUT2D eigenvalue weighted by molar-refractivity contribution is 7.91. The Hall–Kier alpha value is -2.49. The van der Waals surface area contributed by atoms with Crippen molar-refractivity contribution in [2.75, 3.05) is 20.2 Å². The number of halogens is 1. The molecule has 2 aromatic rings. The van der Waals surface area contributed by atoms with Gasteiger partial charge in [-0.15, -0.1) is 0 Å². The summed E-state index contributed by atoms with van der Waals surface area (Å²) in [6, 6.07) is 10.2. The van der Waals surface area contributed by atoms with E-state index in [2.05, 4.69) is 16.0 Å². The number of fused-ring (bicyclic) bond motifs is 1. The van der Waals surface area contributed by atoms with Gasteiger partial charge < -0.3 is 20.7 Å². The van der Waals surface area contributed by atoms with Crippen molar-refractivity contribution < 1.29 is 22.3 Å². The zero-order chi connectivity index (χ0) is 22.0. The number of carbonyl (C=O) groups is 1.